The number of carboxylic acid groups (broad SMARTS) is 1. The number of likely N-dealkylation sites (N-methyl/N-ethyl adjacent to an activating group) is 1. The molecule has 1 aromatic carbocycles. The quantitative estimate of drug-likeness (QED) is 0.889. The highest BCUT2D eigenvalue weighted by Crippen LogP contribution is 2.21. The van der Waals surface area contributed by atoms with Gasteiger partial charge in [-0.15, -0.1) is 0 Å². The molecule has 22 heavy (non-hydrogen) atoms. The Labute approximate surface area is 130 Å². The minimum atomic E-state index is -0.823. The summed E-state index contributed by atoms with van der Waals surface area (Å²) in [7, 11) is 3.76. The monoisotopic (exact) mass is 299 g/mol. The van der Waals surface area contributed by atoms with Crippen molar-refractivity contribution in [2.24, 2.45) is 0 Å². The first-order valence-electron chi connectivity index (χ1n) is 7.16. The number of carboxylic acids is 1. The van der Waals surface area contributed by atoms with Crippen LogP contribution in [-0.4, -0.2) is 41.1 Å². The predicted octanol–water partition coefficient (Wildman–Crippen LogP) is 2.75. The van der Waals surface area contributed by atoms with Gasteiger partial charge in [0.2, 0.25) is 0 Å². The van der Waals surface area contributed by atoms with Gasteiger partial charge in [-0.2, -0.15) is 0 Å². The fourth-order valence-electron chi connectivity index (χ4n) is 2.11. The van der Waals surface area contributed by atoms with Gasteiger partial charge in [-0.1, -0.05) is 24.3 Å². The number of aromatic nitrogens is 1. The molecule has 0 bridgehead atoms. The number of hydrogen-bond donors (Lipinski definition) is 1. The van der Waals surface area contributed by atoms with E-state index in [1.807, 2.05) is 54.4 Å². The average Bonchev–Trinajstić information content (AvgIpc) is 2.54. The second-order valence-corrected chi connectivity index (χ2v) is 5.35. The number of hydrogen-bond acceptors (Lipinski definition) is 4. The molecule has 5 nitrogen and oxygen atoms in total. The molecule has 0 spiro atoms. The molecule has 1 N–H and O–H groups in total. The van der Waals surface area contributed by atoms with Gasteiger partial charge in [0.25, 0.3) is 0 Å². The Morgan fingerprint density at radius 2 is 1.86 bits per heavy atom. The number of carbonyl (C=O) groups is 1. The van der Waals surface area contributed by atoms with E-state index in [1.54, 1.807) is 25.1 Å². The van der Waals surface area contributed by atoms with Crippen molar-refractivity contribution in [3.05, 3.63) is 54.2 Å². The Bertz CT molecular complexity index is 614. The molecule has 1 aromatic heterocycles. The van der Waals surface area contributed by atoms with Gasteiger partial charge in [-0.3, -0.25) is 9.69 Å². The maximum Gasteiger partial charge on any atom is 0.320 e. The lowest BCUT2D eigenvalue weighted by molar-refractivity contribution is -0.142. The van der Waals surface area contributed by atoms with Crippen LogP contribution < -0.4 is 4.90 Å². The lowest BCUT2D eigenvalue weighted by Gasteiger charge is -2.22. The maximum absolute atomic E-state index is 11.0. The minimum absolute atomic E-state index is 0.522. The van der Waals surface area contributed by atoms with Crippen LogP contribution in [0.5, 0.6) is 0 Å². The molecule has 1 unspecified atom stereocenters. The topological polar surface area (TPSA) is 56.7 Å². The smallest absolute Gasteiger partial charge is 0.320 e. The standard InChI is InChI=1S/C17H21N3O2/c1-13(17(21)22)19(2)12-14-9-10-16(18-11-14)20(3)15-7-5-4-6-8-15/h4-11,13H,12H2,1-3H3,(H,21,22). The third-order valence-electron chi connectivity index (χ3n) is 3.75. The zero-order chi connectivity index (χ0) is 16.1. The summed E-state index contributed by atoms with van der Waals surface area (Å²) in [5.74, 6) is 0.0276. The molecule has 0 aliphatic carbocycles. The molecular weight excluding hydrogens is 278 g/mol. The van der Waals surface area contributed by atoms with Gasteiger partial charge < -0.3 is 10.0 Å². The van der Waals surface area contributed by atoms with Gasteiger partial charge in [0.15, 0.2) is 0 Å². The van der Waals surface area contributed by atoms with Crippen molar-refractivity contribution in [1.29, 1.82) is 0 Å². The summed E-state index contributed by atoms with van der Waals surface area (Å²) in [5, 5.41) is 9.01. The maximum atomic E-state index is 11.0. The number of aliphatic carboxylic acids is 1. The zero-order valence-electron chi connectivity index (χ0n) is 13.1. The first-order chi connectivity index (χ1) is 10.5. The van der Waals surface area contributed by atoms with E-state index in [0.29, 0.717) is 6.54 Å². The molecule has 2 aromatic rings. The van der Waals surface area contributed by atoms with E-state index in [2.05, 4.69) is 4.98 Å². The third kappa shape index (κ3) is 3.83. The third-order valence-corrected chi connectivity index (χ3v) is 3.75. The number of rotatable bonds is 6. The molecule has 0 amide bonds. The summed E-state index contributed by atoms with van der Waals surface area (Å²) in [4.78, 5) is 19.2. The summed E-state index contributed by atoms with van der Waals surface area (Å²) in [6.07, 6.45) is 1.79. The number of benzene rings is 1. The van der Waals surface area contributed by atoms with Crippen LogP contribution in [-0.2, 0) is 11.3 Å². The Hall–Kier alpha value is -2.40. The molecular formula is C17H21N3O2. The normalized spacial score (nSPS) is 12.2. The molecule has 0 aliphatic heterocycles. The van der Waals surface area contributed by atoms with Crippen molar-refractivity contribution in [1.82, 2.24) is 9.88 Å². The second-order valence-electron chi connectivity index (χ2n) is 5.35. The summed E-state index contributed by atoms with van der Waals surface area (Å²) in [5.41, 5.74) is 2.06. The number of para-hydroxylation sites is 1. The Kier molecular flexibility index (Phi) is 5.12. The molecule has 0 fully saturated rings. The lowest BCUT2D eigenvalue weighted by Crippen LogP contribution is -2.35. The van der Waals surface area contributed by atoms with Gasteiger partial charge in [-0.25, -0.2) is 4.98 Å². The van der Waals surface area contributed by atoms with Crippen LogP contribution in [0.4, 0.5) is 11.5 Å². The zero-order valence-corrected chi connectivity index (χ0v) is 13.1. The predicted molar refractivity (Wildman–Crippen MR) is 87.3 cm³/mol. The van der Waals surface area contributed by atoms with Crippen LogP contribution in [0.15, 0.2) is 48.7 Å². The van der Waals surface area contributed by atoms with Gasteiger partial charge in [0.1, 0.15) is 11.9 Å². The largest absolute Gasteiger partial charge is 0.480 e. The van der Waals surface area contributed by atoms with Crippen LogP contribution in [0.2, 0.25) is 0 Å². The van der Waals surface area contributed by atoms with E-state index in [9.17, 15) is 4.79 Å². The summed E-state index contributed by atoms with van der Waals surface area (Å²) < 4.78 is 0. The van der Waals surface area contributed by atoms with Crippen LogP contribution >= 0.6 is 0 Å². The van der Waals surface area contributed by atoms with Crippen LogP contribution in [0, 0.1) is 0 Å². The Morgan fingerprint density at radius 1 is 1.18 bits per heavy atom. The Morgan fingerprint density at radius 3 is 2.41 bits per heavy atom. The van der Waals surface area contributed by atoms with Gasteiger partial charge >= 0.3 is 5.97 Å². The SMILES string of the molecule is CC(C(=O)O)N(C)Cc1ccc(N(C)c2ccccc2)nc1. The summed E-state index contributed by atoms with van der Waals surface area (Å²) in [6, 6.07) is 13.4. The highest BCUT2D eigenvalue weighted by molar-refractivity contribution is 5.72. The first-order valence-corrected chi connectivity index (χ1v) is 7.16. The molecule has 0 radical (unpaired) electrons. The lowest BCUT2D eigenvalue weighted by atomic mass is 10.2. The molecule has 1 atom stereocenters. The van der Waals surface area contributed by atoms with Crippen LogP contribution in [0.25, 0.3) is 0 Å². The molecule has 1 heterocycles. The first kappa shape index (κ1) is 16.0. The van der Waals surface area contributed by atoms with E-state index >= 15 is 0 Å². The van der Waals surface area contributed by atoms with Crippen LogP contribution in [0.3, 0.4) is 0 Å². The van der Waals surface area contributed by atoms with E-state index in [-0.39, 0.29) is 0 Å². The van der Waals surface area contributed by atoms with Crippen molar-refractivity contribution in [3.8, 4) is 0 Å². The molecule has 116 valence electrons. The second kappa shape index (κ2) is 7.04. The number of nitrogens with zero attached hydrogens (tertiary/aromatic N) is 3. The molecule has 0 saturated carbocycles. The van der Waals surface area contributed by atoms with Crippen molar-refractivity contribution < 1.29 is 9.90 Å². The molecule has 0 saturated heterocycles. The van der Waals surface area contributed by atoms with E-state index < -0.39 is 12.0 Å². The number of anilines is 2. The van der Waals surface area contributed by atoms with Crippen molar-refractivity contribution >= 4 is 17.5 Å². The fourth-order valence-corrected chi connectivity index (χ4v) is 2.11. The van der Waals surface area contributed by atoms with Crippen molar-refractivity contribution in [2.45, 2.75) is 19.5 Å². The van der Waals surface area contributed by atoms with Crippen LogP contribution in [0.1, 0.15) is 12.5 Å². The molecule has 0 aliphatic rings. The van der Waals surface area contributed by atoms with E-state index in [0.717, 1.165) is 17.1 Å². The average molecular weight is 299 g/mol. The highest BCUT2D eigenvalue weighted by atomic mass is 16.4. The van der Waals surface area contributed by atoms with Gasteiger partial charge in [-0.05, 0) is 37.7 Å². The van der Waals surface area contributed by atoms with Crippen molar-refractivity contribution in [2.75, 3.05) is 19.0 Å². The van der Waals surface area contributed by atoms with Gasteiger partial charge in [0.05, 0.1) is 0 Å². The van der Waals surface area contributed by atoms with E-state index in [4.69, 9.17) is 5.11 Å². The Balaban J connectivity index is 2.06. The number of pyridine rings is 1. The van der Waals surface area contributed by atoms with Crippen molar-refractivity contribution in [3.63, 3.8) is 0 Å². The highest BCUT2D eigenvalue weighted by Gasteiger charge is 2.16. The van der Waals surface area contributed by atoms with Gasteiger partial charge in [0, 0.05) is 25.5 Å². The summed E-state index contributed by atoms with van der Waals surface area (Å²) >= 11 is 0. The molecule has 5 heteroatoms. The summed E-state index contributed by atoms with van der Waals surface area (Å²) in [6.45, 7) is 2.23. The van der Waals surface area contributed by atoms with E-state index in [1.165, 1.54) is 0 Å². The minimum Gasteiger partial charge on any atom is -0.480 e. The fraction of sp³-hybridized carbons (Fsp3) is 0.294. The molecule has 2 rings (SSSR count).